The summed E-state index contributed by atoms with van der Waals surface area (Å²) in [6.45, 7) is 7.56. The monoisotopic (exact) mass is 293 g/mol. The smallest absolute Gasteiger partial charge is 0.317 e. The highest BCUT2D eigenvalue weighted by molar-refractivity contribution is 5.83. The van der Waals surface area contributed by atoms with Crippen LogP contribution in [0.1, 0.15) is 31.4 Å². The molecule has 2 N–H and O–H groups in total. The molecule has 118 valence electrons. The van der Waals surface area contributed by atoms with Gasteiger partial charge in [-0.3, -0.25) is 4.79 Å². The lowest BCUT2D eigenvalue weighted by molar-refractivity contribution is -0.148. The van der Waals surface area contributed by atoms with Gasteiger partial charge >= 0.3 is 5.97 Å². The van der Waals surface area contributed by atoms with Crippen LogP contribution in [0.3, 0.4) is 0 Å². The number of nitrogens with two attached hydrogens (primary N) is 1. The van der Waals surface area contributed by atoms with Crippen molar-refractivity contribution < 1.29 is 14.3 Å². The Balaban J connectivity index is 2.93. The molecule has 1 aromatic rings. The third-order valence-electron chi connectivity index (χ3n) is 3.65. The van der Waals surface area contributed by atoms with Gasteiger partial charge in [0, 0.05) is 19.8 Å². The summed E-state index contributed by atoms with van der Waals surface area (Å²) in [6.07, 6.45) is 0.520. The number of carbonyl (C=O) groups is 1. The predicted octanol–water partition coefficient (Wildman–Crippen LogP) is 2.43. The zero-order valence-electron chi connectivity index (χ0n) is 13.5. The van der Waals surface area contributed by atoms with Crippen LogP contribution in [0.5, 0.6) is 0 Å². The first kappa shape index (κ1) is 17.7. The topological polar surface area (TPSA) is 61.5 Å². The Kier molecular flexibility index (Phi) is 6.85. The molecule has 0 fully saturated rings. The third-order valence-corrected chi connectivity index (χ3v) is 3.65. The number of hydrogen-bond acceptors (Lipinski definition) is 4. The van der Waals surface area contributed by atoms with E-state index in [0.717, 1.165) is 11.1 Å². The number of carbonyl (C=O) groups excluding carboxylic acids is 1. The molecule has 0 aromatic heterocycles. The van der Waals surface area contributed by atoms with E-state index < -0.39 is 5.41 Å². The van der Waals surface area contributed by atoms with E-state index in [1.165, 1.54) is 7.11 Å². The van der Waals surface area contributed by atoms with Crippen molar-refractivity contribution in [2.24, 2.45) is 11.7 Å². The fourth-order valence-corrected chi connectivity index (χ4v) is 2.30. The lowest BCUT2D eigenvalue weighted by Crippen LogP contribution is -2.44. The van der Waals surface area contributed by atoms with Gasteiger partial charge in [-0.25, -0.2) is 0 Å². The molecule has 0 aliphatic heterocycles. The van der Waals surface area contributed by atoms with Crippen molar-refractivity contribution in [3.63, 3.8) is 0 Å². The Bertz CT molecular complexity index is 442. The SMILES string of the molecule is COC(=O)C(CN)(CCOCC(C)C)c1ccc(C)cc1. The van der Waals surface area contributed by atoms with Gasteiger partial charge in [-0.15, -0.1) is 0 Å². The summed E-state index contributed by atoms with van der Waals surface area (Å²) in [5.41, 5.74) is 7.13. The Morgan fingerprint density at radius 1 is 1.29 bits per heavy atom. The van der Waals surface area contributed by atoms with E-state index in [2.05, 4.69) is 13.8 Å². The van der Waals surface area contributed by atoms with Gasteiger partial charge in [-0.05, 0) is 24.8 Å². The number of rotatable bonds is 8. The molecule has 0 aliphatic rings. The minimum Gasteiger partial charge on any atom is -0.468 e. The number of ether oxygens (including phenoxy) is 2. The predicted molar refractivity (Wildman–Crippen MR) is 84.2 cm³/mol. The zero-order chi connectivity index (χ0) is 15.9. The van der Waals surface area contributed by atoms with Crippen molar-refractivity contribution in [2.45, 2.75) is 32.6 Å². The third kappa shape index (κ3) is 4.55. The maximum absolute atomic E-state index is 12.3. The molecule has 1 rings (SSSR count). The molecule has 0 spiro atoms. The van der Waals surface area contributed by atoms with Crippen LogP contribution in [0.25, 0.3) is 0 Å². The summed E-state index contributed by atoms with van der Waals surface area (Å²) in [6, 6.07) is 7.86. The van der Waals surface area contributed by atoms with Gasteiger partial charge in [0.15, 0.2) is 0 Å². The highest BCUT2D eigenvalue weighted by Gasteiger charge is 2.39. The summed E-state index contributed by atoms with van der Waals surface area (Å²) in [5, 5.41) is 0. The lowest BCUT2D eigenvalue weighted by atomic mass is 9.77. The average molecular weight is 293 g/mol. The largest absolute Gasteiger partial charge is 0.468 e. The standard InChI is InChI=1S/C17H27NO3/c1-13(2)11-21-10-9-17(12-18,16(19)20-4)15-7-5-14(3)6-8-15/h5-8,13H,9-12,18H2,1-4H3. The van der Waals surface area contributed by atoms with Gasteiger partial charge in [0.25, 0.3) is 0 Å². The normalized spacial score (nSPS) is 14.0. The molecule has 0 saturated heterocycles. The number of hydrogen-bond donors (Lipinski definition) is 1. The molecule has 0 bridgehead atoms. The first-order chi connectivity index (χ1) is 9.96. The molecule has 1 unspecified atom stereocenters. The second kappa shape index (κ2) is 8.15. The Morgan fingerprint density at radius 2 is 1.90 bits per heavy atom. The minimum atomic E-state index is -0.834. The van der Waals surface area contributed by atoms with Crippen LogP contribution < -0.4 is 5.73 Å². The van der Waals surface area contributed by atoms with E-state index in [9.17, 15) is 4.79 Å². The molecule has 1 atom stereocenters. The first-order valence-corrected chi connectivity index (χ1v) is 7.39. The van der Waals surface area contributed by atoms with Crippen LogP contribution in [0.15, 0.2) is 24.3 Å². The van der Waals surface area contributed by atoms with Gasteiger partial charge < -0.3 is 15.2 Å². The Labute approximate surface area is 127 Å². The molecule has 21 heavy (non-hydrogen) atoms. The fourth-order valence-electron chi connectivity index (χ4n) is 2.30. The number of aryl methyl sites for hydroxylation is 1. The second-order valence-electron chi connectivity index (χ2n) is 5.86. The summed E-state index contributed by atoms with van der Waals surface area (Å²) < 4.78 is 10.6. The summed E-state index contributed by atoms with van der Waals surface area (Å²) in [5.74, 6) is 0.164. The van der Waals surface area contributed by atoms with Crippen molar-refractivity contribution in [1.82, 2.24) is 0 Å². The molecule has 0 radical (unpaired) electrons. The minimum absolute atomic E-state index is 0.202. The van der Waals surface area contributed by atoms with E-state index in [-0.39, 0.29) is 12.5 Å². The second-order valence-corrected chi connectivity index (χ2v) is 5.86. The van der Waals surface area contributed by atoms with Gasteiger partial charge in [-0.1, -0.05) is 43.7 Å². The molecule has 1 aromatic carbocycles. The van der Waals surface area contributed by atoms with Crippen molar-refractivity contribution in [1.29, 1.82) is 0 Å². The molecular weight excluding hydrogens is 266 g/mol. The van der Waals surface area contributed by atoms with Gasteiger partial charge in [0.1, 0.15) is 5.41 Å². The van der Waals surface area contributed by atoms with Gasteiger partial charge in [-0.2, -0.15) is 0 Å². The zero-order valence-corrected chi connectivity index (χ0v) is 13.5. The summed E-state index contributed by atoms with van der Waals surface area (Å²) in [7, 11) is 1.40. The van der Waals surface area contributed by atoms with Crippen LogP contribution >= 0.6 is 0 Å². The van der Waals surface area contributed by atoms with Crippen LogP contribution in [0, 0.1) is 12.8 Å². The molecule has 0 amide bonds. The molecule has 4 nitrogen and oxygen atoms in total. The van der Waals surface area contributed by atoms with Crippen LogP contribution in [-0.2, 0) is 19.7 Å². The highest BCUT2D eigenvalue weighted by Crippen LogP contribution is 2.29. The van der Waals surface area contributed by atoms with Crippen molar-refractivity contribution in [2.75, 3.05) is 26.9 Å². The quantitative estimate of drug-likeness (QED) is 0.590. The molecule has 0 heterocycles. The van der Waals surface area contributed by atoms with Crippen LogP contribution in [0.2, 0.25) is 0 Å². The lowest BCUT2D eigenvalue weighted by Gasteiger charge is -2.30. The van der Waals surface area contributed by atoms with Crippen LogP contribution in [0.4, 0.5) is 0 Å². The highest BCUT2D eigenvalue weighted by atomic mass is 16.5. The first-order valence-electron chi connectivity index (χ1n) is 7.39. The van der Waals surface area contributed by atoms with E-state index in [0.29, 0.717) is 25.6 Å². The van der Waals surface area contributed by atoms with E-state index in [1.807, 2.05) is 31.2 Å². The molecule has 4 heteroatoms. The number of esters is 1. The molecular formula is C17H27NO3. The van der Waals surface area contributed by atoms with Crippen molar-refractivity contribution >= 4 is 5.97 Å². The van der Waals surface area contributed by atoms with Gasteiger partial charge in [0.2, 0.25) is 0 Å². The molecule has 0 aliphatic carbocycles. The average Bonchev–Trinajstić information content (AvgIpc) is 2.48. The molecule has 0 saturated carbocycles. The maximum atomic E-state index is 12.3. The summed E-state index contributed by atoms with van der Waals surface area (Å²) >= 11 is 0. The van der Waals surface area contributed by atoms with E-state index in [1.54, 1.807) is 0 Å². The van der Waals surface area contributed by atoms with E-state index >= 15 is 0 Å². The van der Waals surface area contributed by atoms with Crippen LogP contribution in [-0.4, -0.2) is 32.8 Å². The van der Waals surface area contributed by atoms with E-state index in [4.69, 9.17) is 15.2 Å². The Hall–Kier alpha value is -1.39. The Morgan fingerprint density at radius 3 is 2.38 bits per heavy atom. The number of methoxy groups -OCH3 is 1. The fraction of sp³-hybridized carbons (Fsp3) is 0.588. The summed E-state index contributed by atoms with van der Waals surface area (Å²) in [4.78, 5) is 12.3. The number of benzene rings is 1. The maximum Gasteiger partial charge on any atom is 0.317 e. The van der Waals surface area contributed by atoms with Gasteiger partial charge in [0.05, 0.1) is 7.11 Å². The van der Waals surface area contributed by atoms with Crippen molar-refractivity contribution in [3.05, 3.63) is 35.4 Å². The van der Waals surface area contributed by atoms with Crippen molar-refractivity contribution in [3.8, 4) is 0 Å².